The minimum Gasteiger partial charge on any atom is -0.497 e. The highest BCUT2D eigenvalue weighted by atomic mass is 19.1. The molecule has 0 spiro atoms. The molecule has 0 atom stereocenters. The molecule has 1 aromatic carbocycles. The Kier molecular flexibility index (Phi) is 3.80. The van der Waals surface area contributed by atoms with Crippen molar-refractivity contribution in [2.24, 2.45) is 16.7 Å². The van der Waals surface area contributed by atoms with Crippen molar-refractivity contribution >= 4 is 16.9 Å². The van der Waals surface area contributed by atoms with Crippen LogP contribution in [0.2, 0.25) is 0 Å². The summed E-state index contributed by atoms with van der Waals surface area (Å²) in [5.41, 5.74) is 7.23. The Bertz CT molecular complexity index is 872. The van der Waals surface area contributed by atoms with Gasteiger partial charge in [0.1, 0.15) is 17.3 Å². The second-order valence-electron chi connectivity index (χ2n) is 4.86. The van der Waals surface area contributed by atoms with E-state index in [-0.39, 0.29) is 16.9 Å². The normalized spacial score (nSPS) is 11.8. The van der Waals surface area contributed by atoms with Crippen LogP contribution in [0.5, 0.6) is 5.75 Å². The number of pyridine rings is 1. The van der Waals surface area contributed by atoms with Gasteiger partial charge in [0, 0.05) is 6.20 Å². The van der Waals surface area contributed by atoms with Gasteiger partial charge in [-0.15, -0.1) is 0 Å². The smallest absolute Gasteiger partial charge is 0.171 e. The first-order chi connectivity index (χ1) is 11.1. The zero-order chi connectivity index (χ0) is 16.4. The first-order valence-corrected chi connectivity index (χ1v) is 6.81. The number of aromatic nitrogens is 3. The first-order valence-electron chi connectivity index (χ1n) is 6.81. The van der Waals surface area contributed by atoms with E-state index in [1.54, 1.807) is 11.8 Å². The van der Waals surface area contributed by atoms with Gasteiger partial charge in [-0.1, -0.05) is 12.1 Å². The summed E-state index contributed by atoms with van der Waals surface area (Å²) in [6, 6.07) is 8.71. The van der Waals surface area contributed by atoms with Crippen LogP contribution in [0.3, 0.4) is 0 Å². The number of halogens is 1. The van der Waals surface area contributed by atoms with Gasteiger partial charge >= 0.3 is 0 Å². The molecule has 0 saturated carbocycles. The van der Waals surface area contributed by atoms with E-state index in [0.717, 1.165) is 11.3 Å². The molecular weight excluding hydrogens is 299 g/mol. The van der Waals surface area contributed by atoms with Crippen LogP contribution < -0.4 is 16.3 Å². The number of fused-ring (bicyclic) bond motifs is 1. The molecule has 0 aliphatic rings. The summed E-state index contributed by atoms with van der Waals surface area (Å²) in [6.07, 6.45) is 1.38. The van der Waals surface area contributed by atoms with E-state index in [0.29, 0.717) is 12.2 Å². The Morgan fingerprint density at radius 1 is 1.30 bits per heavy atom. The fourth-order valence-electron chi connectivity index (χ4n) is 2.32. The molecule has 0 fully saturated rings. The van der Waals surface area contributed by atoms with E-state index in [4.69, 9.17) is 16.3 Å². The van der Waals surface area contributed by atoms with Crippen LogP contribution >= 0.6 is 0 Å². The van der Waals surface area contributed by atoms with Gasteiger partial charge in [-0.2, -0.15) is 10.2 Å². The van der Waals surface area contributed by atoms with Crippen molar-refractivity contribution in [3.05, 3.63) is 53.6 Å². The average molecular weight is 314 g/mol. The minimum atomic E-state index is -0.474. The van der Waals surface area contributed by atoms with Gasteiger partial charge in [0.15, 0.2) is 11.5 Å². The molecule has 8 heteroatoms. The number of ether oxygens (including phenoxy) is 1. The van der Waals surface area contributed by atoms with E-state index in [1.807, 2.05) is 24.3 Å². The van der Waals surface area contributed by atoms with Crippen molar-refractivity contribution in [2.75, 3.05) is 7.11 Å². The van der Waals surface area contributed by atoms with Gasteiger partial charge in [-0.3, -0.25) is 0 Å². The Morgan fingerprint density at radius 2 is 2.04 bits per heavy atom. The number of methoxy groups -OCH3 is 1. The molecular formula is C15H15FN6O. The van der Waals surface area contributed by atoms with Crippen LogP contribution in [0.1, 0.15) is 11.3 Å². The molecule has 3 aromatic rings. The summed E-state index contributed by atoms with van der Waals surface area (Å²) >= 11 is 0. The summed E-state index contributed by atoms with van der Waals surface area (Å²) in [6.45, 7) is 0.398. The Morgan fingerprint density at radius 3 is 2.70 bits per heavy atom. The number of nitrogens with two attached hydrogens (primary N) is 2. The fourth-order valence-corrected chi connectivity index (χ4v) is 2.32. The Labute approximate surface area is 131 Å². The van der Waals surface area contributed by atoms with Crippen LogP contribution in [0, 0.1) is 5.82 Å². The first kappa shape index (κ1) is 14.8. The lowest BCUT2D eigenvalue weighted by Gasteiger charge is -2.04. The molecule has 0 aliphatic carbocycles. The maximum absolute atomic E-state index is 14.1. The zero-order valence-corrected chi connectivity index (χ0v) is 12.4. The number of rotatable bonds is 4. The number of hydrogen-bond donors (Lipinski definition) is 2. The second kappa shape index (κ2) is 5.91. The second-order valence-corrected chi connectivity index (χ2v) is 4.86. The average Bonchev–Trinajstić information content (AvgIpc) is 2.95. The molecule has 0 radical (unpaired) electrons. The van der Waals surface area contributed by atoms with Crippen molar-refractivity contribution in [1.29, 1.82) is 0 Å². The summed E-state index contributed by atoms with van der Waals surface area (Å²) in [7, 11) is 1.60. The molecule has 2 heterocycles. The van der Waals surface area contributed by atoms with Crippen LogP contribution in [0.4, 0.5) is 4.39 Å². The van der Waals surface area contributed by atoms with Crippen molar-refractivity contribution < 1.29 is 9.13 Å². The largest absolute Gasteiger partial charge is 0.497 e. The molecule has 3 rings (SSSR count). The number of amidine groups is 1. The lowest BCUT2D eigenvalue weighted by Crippen LogP contribution is -2.17. The SMILES string of the molecule is COc1ccc(Cn2nc(C(N)=NN)c3c(F)ccnc32)cc1. The number of hydrazone groups is 1. The molecule has 0 unspecified atom stereocenters. The quantitative estimate of drug-likeness (QED) is 0.326. The molecule has 118 valence electrons. The monoisotopic (exact) mass is 314 g/mol. The van der Waals surface area contributed by atoms with E-state index in [9.17, 15) is 4.39 Å². The number of nitrogens with zero attached hydrogens (tertiary/aromatic N) is 4. The zero-order valence-electron chi connectivity index (χ0n) is 12.4. The molecule has 2 aromatic heterocycles. The predicted octanol–water partition coefficient (Wildman–Crippen LogP) is 1.21. The lowest BCUT2D eigenvalue weighted by atomic mass is 10.2. The summed E-state index contributed by atoms with van der Waals surface area (Å²) in [4.78, 5) is 4.19. The molecule has 0 saturated heterocycles. The van der Waals surface area contributed by atoms with Crippen molar-refractivity contribution in [2.45, 2.75) is 6.54 Å². The van der Waals surface area contributed by atoms with E-state index >= 15 is 0 Å². The van der Waals surface area contributed by atoms with Crippen LogP contribution in [-0.4, -0.2) is 27.7 Å². The highest BCUT2D eigenvalue weighted by Crippen LogP contribution is 2.21. The van der Waals surface area contributed by atoms with Gasteiger partial charge < -0.3 is 16.3 Å². The third-order valence-electron chi connectivity index (χ3n) is 3.46. The van der Waals surface area contributed by atoms with Gasteiger partial charge in [0.05, 0.1) is 19.0 Å². The topological polar surface area (TPSA) is 104 Å². The molecule has 0 bridgehead atoms. The Hall–Kier alpha value is -3.16. The van der Waals surface area contributed by atoms with Crippen LogP contribution in [0.25, 0.3) is 11.0 Å². The fraction of sp³-hybridized carbons (Fsp3) is 0.133. The highest BCUT2D eigenvalue weighted by molar-refractivity contribution is 6.06. The lowest BCUT2D eigenvalue weighted by molar-refractivity contribution is 0.414. The van der Waals surface area contributed by atoms with Gasteiger partial charge in [-0.05, 0) is 23.8 Å². The molecule has 0 aliphatic heterocycles. The summed E-state index contributed by atoms with van der Waals surface area (Å²) in [5.74, 6) is 5.43. The summed E-state index contributed by atoms with van der Waals surface area (Å²) < 4.78 is 20.8. The third-order valence-corrected chi connectivity index (χ3v) is 3.46. The van der Waals surface area contributed by atoms with Crippen LogP contribution in [-0.2, 0) is 6.54 Å². The predicted molar refractivity (Wildman–Crippen MR) is 84.5 cm³/mol. The minimum absolute atomic E-state index is 0.0459. The van der Waals surface area contributed by atoms with Gasteiger partial charge in [0.2, 0.25) is 0 Å². The van der Waals surface area contributed by atoms with E-state index in [2.05, 4.69) is 15.2 Å². The Balaban J connectivity index is 2.08. The van der Waals surface area contributed by atoms with Crippen molar-refractivity contribution in [3.8, 4) is 5.75 Å². The van der Waals surface area contributed by atoms with E-state index in [1.165, 1.54) is 12.3 Å². The molecule has 0 amide bonds. The summed E-state index contributed by atoms with van der Waals surface area (Å²) in [5, 5.41) is 7.91. The molecule has 23 heavy (non-hydrogen) atoms. The van der Waals surface area contributed by atoms with Crippen molar-refractivity contribution in [1.82, 2.24) is 14.8 Å². The molecule has 7 nitrogen and oxygen atoms in total. The van der Waals surface area contributed by atoms with Crippen LogP contribution in [0.15, 0.2) is 41.6 Å². The third kappa shape index (κ3) is 2.66. The molecule has 4 N–H and O–H groups in total. The standard InChI is InChI=1S/C15H15FN6O/c1-23-10-4-2-9(3-5-10)8-22-15-12(11(16)6-7-19-15)13(21-22)14(17)20-18/h2-7H,8,18H2,1H3,(H2,17,20). The van der Waals surface area contributed by atoms with E-state index < -0.39 is 5.82 Å². The van der Waals surface area contributed by atoms with Gasteiger partial charge in [-0.25, -0.2) is 14.1 Å². The maximum atomic E-state index is 14.1. The van der Waals surface area contributed by atoms with Gasteiger partial charge in [0.25, 0.3) is 0 Å². The number of benzene rings is 1. The highest BCUT2D eigenvalue weighted by Gasteiger charge is 2.18. The van der Waals surface area contributed by atoms with Crippen molar-refractivity contribution in [3.63, 3.8) is 0 Å². The maximum Gasteiger partial charge on any atom is 0.171 e. The number of hydrogen-bond acceptors (Lipinski definition) is 5.